The molecule has 1 atom stereocenters. The molecule has 0 heterocycles. The van der Waals surface area contributed by atoms with Crippen LogP contribution in [0.3, 0.4) is 0 Å². The molecule has 0 aromatic rings. The summed E-state index contributed by atoms with van der Waals surface area (Å²) in [6, 6.07) is 1.82. The van der Waals surface area contributed by atoms with Crippen LogP contribution in [0, 0.1) is 6.42 Å². The molecule has 0 N–H and O–H groups in total. The summed E-state index contributed by atoms with van der Waals surface area (Å²) in [5.41, 5.74) is 0. The standard InChI is InChI=1S/C9H16N/c1-2-10(9-6-7-9)8-4-3-5-8/h4,8-9H,2-3,5-7H2,1H3. The minimum atomic E-state index is 0.859. The molecule has 2 fully saturated rings. The van der Waals surface area contributed by atoms with Crippen molar-refractivity contribution in [3.05, 3.63) is 6.42 Å². The highest BCUT2D eigenvalue weighted by molar-refractivity contribution is 5.00. The van der Waals surface area contributed by atoms with Crippen LogP contribution >= 0.6 is 0 Å². The SMILES string of the molecule is CCN(C1[CH]CC1)C1CC1. The second-order valence-corrected chi connectivity index (χ2v) is 3.44. The molecule has 2 saturated carbocycles. The maximum Gasteiger partial charge on any atom is 0.0130 e. The summed E-state index contributed by atoms with van der Waals surface area (Å²) in [4.78, 5) is 2.66. The van der Waals surface area contributed by atoms with E-state index in [1.54, 1.807) is 0 Å². The van der Waals surface area contributed by atoms with Crippen LogP contribution in [0.2, 0.25) is 0 Å². The van der Waals surface area contributed by atoms with Crippen LogP contribution in [0.5, 0.6) is 0 Å². The Morgan fingerprint density at radius 3 is 2.40 bits per heavy atom. The van der Waals surface area contributed by atoms with Gasteiger partial charge in [0.1, 0.15) is 0 Å². The molecule has 2 aliphatic rings. The Hall–Kier alpha value is -0.0400. The van der Waals surface area contributed by atoms with Crippen LogP contribution in [0.15, 0.2) is 0 Å². The van der Waals surface area contributed by atoms with Gasteiger partial charge in [-0.1, -0.05) is 6.92 Å². The van der Waals surface area contributed by atoms with E-state index in [4.69, 9.17) is 0 Å². The summed E-state index contributed by atoms with van der Waals surface area (Å²) in [6.45, 7) is 3.54. The predicted molar refractivity (Wildman–Crippen MR) is 42.7 cm³/mol. The molecule has 0 aliphatic heterocycles. The van der Waals surface area contributed by atoms with Gasteiger partial charge in [0, 0.05) is 12.1 Å². The number of hydrogen-bond acceptors (Lipinski definition) is 1. The van der Waals surface area contributed by atoms with Gasteiger partial charge in [-0.3, -0.25) is 4.90 Å². The zero-order chi connectivity index (χ0) is 6.97. The molecule has 0 spiro atoms. The van der Waals surface area contributed by atoms with Gasteiger partial charge in [0.25, 0.3) is 0 Å². The van der Waals surface area contributed by atoms with Crippen LogP contribution < -0.4 is 0 Å². The monoisotopic (exact) mass is 138 g/mol. The maximum atomic E-state index is 2.66. The highest BCUT2D eigenvalue weighted by Gasteiger charge is 2.35. The number of nitrogens with zero attached hydrogens (tertiary/aromatic N) is 1. The maximum absolute atomic E-state index is 2.66. The minimum Gasteiger partial charge on any atom is -0.297 e. The average Bonchev–Trinajstić information content (AvgIpc) is 2.58. The van der Waals surface area contributed by atoms with Crippen molar-refractivity contribution < 1.29 is 0 Å². The first-order valence-electron chi connectivity index (χ1n) is 4.51. The first kappa shape index (κ1) is 6.66. The summed E-state index contributed by atoms with van der Waals surface area (Å²) < 4.78 is 0. The molecule has 1 nitrogen and oxygen atoms in total. The fourth-order valence-corrected chi connectivity index (χ4v) is 1.79. The summed E-state index contributed by atoms with van der Waals surface area (Å²) in [6.07, 6.45) is 8.15. The van der Waals surface area contributed by atoms with Gasteiger partial charge in [-0.05, 0) is 38.6 Å². The third kappa shape index (κ3) is 1.07. The zero-order valence-corrected chi connectivity index (χ0v) is 6.71. The Balaban J connectivity index is 1.84. The quantitative estimate of drug-likeness (QED) is 0.575. The molecule has 1 radical (unpaired) electrons. The second-order valence-electron chi connectivity index (χ2n) is 3.44. The molecule has 1 heteroatoms. The van der Waals surface area contributed by atoms with Crippen LogP contribution in [0.1, 0.15) is 32.6 Å². The van der Waals surface area contributed by atoms with E-state index >= 15 is 0 Å². The first-order valence-corrected chi connectivity index (χ1v) is 4.51. The van der Waals surface area contributed by atoms with Crippen molar-refractivity contribution in [1.82, 2.24) is 4.90 Å². The van der Waals surface area contributed by atoms with Crippen molar-refractivity contribution in [3.63, 3.8) is 0 Å². The lowest BCUT2D eigenvalue weighted by atomic mass is 9.91. The van der Waals surface area contributed by atoms with Gasteiger partial charge < -0.3 is 0 Å². The molecule has 0 saturated heterocycles. The molecule has 0 aromatic heterocycles. The number of hydrogen-bond donors (Lipinski definition) is 0. The Morgan fingerprint density at radius 1 is 1.40 bits per heavy atom. The zero-order valence-electron chi connectivity index (χ0n) is 6.71. The molecule has 57 valence electrons. The first-order chi connectivity index (χ1) is 4.92. The Morgan fingerprint density at radius 2 is 2.10 bits per heavy atom. The van der Waals surface area contributed by atoms with Crippen LogP contribution in [-0.2, 0) is 0 Å². The summed E-state index contributed by atoms with van der Waals surface area (Å²) >= 11 is 0. The van der Waals surface area contributed by atoms with E-state index in [-0.39, 0.29) is 0 Å². The molecule has 1 unspecified atom stereocenters. The molecule has 0 aromatic carbocycles. The topological polar surface area (TPSA) is 3.24 Å². The summed E-state index contributed by atoms with van der Waals surface area (Å²) in [5, 5.41) is 0. The lowest BCUT2D eigenvalue weighted by molar-refractivity contribution is 0.173. The second kappa shape index (κ2) is 2.54. The van der Waals surface area contributed by atoms with Gasteiger partial charge in [0.05, 0.1) is 0 Å². The third-order valence-corrected chi connectivity index (χ3v) is 2.71. The van der Waals surface area contributed by atoms with E-state index in [1.165, 1.54) is 32.2 Å². The van der Waals surface area contributed by atoms with Crippen molar-refractivity contribution >= 4 is 0 Å². The lowest BCUT2D eigenvalue weighted by Crippen LogP contribution is -2.41. The van der Waals surface area contributed by atoms with Gasteiger partial charge >= 0.3 is 0 Å². The molecule has 2 aliphatic carbocycles. The highest BCUT2D eigenvalue weighted by Crippen LogP contribution is 2.34. The van der Waals surface area contributed by atoms with Crippen molar-refractivity contribution in [3.8, 4) is 0 Å². The van der Waals surface area contributed by atoms with E-state index in [2.05, 4.69) is 18.2 Å². The Bertz CT molecular complexity index is 114. The van der Waals surface area contributed by atoms with Gasteiger partial charge in [-0.2, -0.15) is 0 Å². The predicted octanol–water partition coefficient (Wildman–Crippen LogP) is 1.84. The number of rotatable bonds is 3. The van der Waals surface area contributed by atoms with Gasteiger partial charge in [-0.15, -0.1) is 0 Å². The molecular formula is C9H16N. The van der Waals surface area contributed by atoms with Crippen LogP contribution in [0.25, 0.3) is 0 Å². The molecule has 2 rings (SSSR count). The molecular weight excluding hydrogens is 122 g/mol. The van der Waals surface area contributed by atoms with Crippen LogP contribution in [0.4, 0.5) is 0 Å². The van der Waals surface area contributed by atoms with Crippen LogP contribution in [-0.4, -0.2) is 23.5 Å². The average molecular weight is 138 g/mol. The van der Waals surface area contributed by atoms with Crippen molar-refractivity contribution in [2.45, 2.75) is 44.7 Å². The smallest absolute Gasteiger partial charge is 0.0130 e. The summed E-state index contributed by atoms with van der Waals surface area (Å²) in [7, 11) is 0. The van der Waals surface area contributed by atoms with E-state index in [0.717, 1.165) is 12.1 Å². The van der Waals surface area contributed by atoms with Crippen molar-refractivity contribution in [2.75, 3.05) is 6.54 Å². The van der Waals surface area contributed by atoms with Gasteiger partial charge in [0.15, 0.2) is 0 Å². The fraction of sp³-hybridized carbons (Fsp3) is 0.889. The van der Waals surface area contributed by atoms with E-state index in [9.17, 15) is 0 Å². The third-order valence-electron chi connectivity index (χ3n) is 2.71. The summed E-state index contributed by atoms with van der Waals surface area (Å²) in [5.74, 6) is 0. The molecule has 0 amide bonds. The Labute approximate surface area is 63.4 Å². The fourth-order valence-electron chi connectivity index (χ4n) is 1.79. The minimum absolute atomic E-state index is 0.859. The van der Waals surface area contributed by atoms with Crippen molar-refractivity contribution in [2.24, 2.45) is 0 Å². The molecule has 0 bridgehead atoms. The van der Waals surface area contributed by atoms with Crippen molar-refractivity contribution in [1.29, 1.82) is 0 Å². The van der Waals surface area contributed by atoms with E-state index in [0.29, 0.717) is 0 Å². The largest absolute Gasteiger partial charge is 0.297 e. The lowest BCUT2D eigenvalue weighted by Gasteiger charge is -2.36. The van der Waals surface area contributed by atoms with Gasteiger partial charge in [0.2, 0.25) is 0 Å². The highest BCUT2D eigenvalue weighted by atomic mass is 15.2. The normalized spacial score (nSPS) is 27.0. The van der Waals surface area contributed by atoms with E-state index in [1.807, 2.05) is 0 Å². The van der Waals surface area contributed by atoms with E-state index < -0.39 is 0 Å². The van der Waals surface area contributed by atoms with Gasteiger partial charge in [-0.25, -0.2) is 0 Å². The Kier molecular flexibility index (Phi) is 1.69. The molecule has 10 heavy (non-hydrogen) atoms.